The molecule has 1 amide bonds. The van der Waals surface area contributed by atoms with Gasteiger partial charge < -0.3 is 14.6 Å². The van der Waals surface area contributed by atoms with E-state index in [0.717, 1.165) is 17.0 Å². The predicted molar refractivity (Wildman–Crippen MR) is 132 cm³/mol. The van der Waals surface area contributed by atoms with E-state index in [9.17, 15) is 9.59 Å². The molecule has 0 aliphatic heterocycles. The third kappa shape index (κ3) is 5.18. The van der Waals surface area contributed by atoms with Crippen LogP contribution >= 0.6 is 11.8 Å². The lowest BCUT2D eigenvalue weighted by molar-refractivity contribution is -0.113. The van der Waals surface area contributed by atoms with Gasteiger partial charge in [-0.05, 0) is 23.3 Å². The largest absolute Gasteiger partial charge is 0.465 e. The van der Waals surface area contributed by atoms with E-state index in [1.165, 1.54) is 18.9 Å². The zero-order chi connectivity index (χ0) is 23.9. The molecule has 3 aromatic carbocycles. The van der Waals surface area contributed by atoms with E-state index >= 15 is 0 Å². The Hall–Kier alpha value is -3.91. The number of rotatable bonds is 8. The SMILES string of the molecule is COC(=O)c1ccccc1NC(=O)CSc1nnc(C(c2ccccc2)c2ccccc2)n1C. The molecule has 0 atom stereocenters. The van der Waals surface area contributed by atoms with Gasteiger partial charge in [0.1, 0.15) is 5.82 Å². The van der Waals surface area contributed by atoms with E-state index in [1.807, 2.05) is 48.0 Å². The molecule has 7 nitrogen and oxygen atoms in total. The Balaban J connectivity index is 1.51. The number of nitrogens with zero attached hydrogens (tertiary/aromatic N) is 3. The van der Waals surface area contributed by atoms with Crippen molar-refractivity contribution in [2.75, 3.05) is 18.2 Å². The molecule has 0 aliphatic carbocycles. The molecule has 0 unspecified atom stereocenters. The van der Waals surface area contributed by atoms with Gasteiger partial charge in [-0.1, -0.05) is 84.6 Å². The molecule has 0 aliphatic rings. The number of methoxy groups -OCH3 is 1. The van der Waals surface area contributed by atoms with Crippen LogP contribution in [0.25, 0.3) is 0 Å². The maximum absolute atomic E-state index is 12.6. The Kier molecular flexibility index (Phi) is 7.39. The standard InChI is InChI=1S/C26H24N4O3S/c1-30-24(23(18-11-5-3-6-12-18)19-13-7-4-8-14-19)28-29-26(30)34-17-22(31)27-21-16-10-9-15-20(21)25(32)33-2/h3-16,23H,17H2,1-2H3,(H,27,31). The Labute approximate surface area is 202 Å². The maximum atomic E-state index is 12.6. The minimum Gasteiger partial charge on any atom is -0.465 e. The van der Waals surface area contributed by atoms with Gasteiger partial charge in [-0.15, -0.1) is 10.2 Å². The average molecular weight is 473 g/mol. The molecule has 8 heteroatoms. The first-order valence-electron chi connectivity index (χ1n) is 10.7. The minimum atomic E-state index is -0.505. The molecule has 1 aromatic heterocycles. The highest BCUT2D eigenvalue weighted by atomic mass is 32.2. The fourth-order valence-corrected chi connectivity index (χ4v) is 4.40. The first-order chi connectivity index (χ1) is 16.6. The monoisotopic (exact) mass is 472 g/mol. The third-order valence-electron chi connectivity index (χ3n) is 5.33. The number of esters is 1. The molecule has 0 saturated carbocycles. The van der Waals surface area contributed by atoms with Crippen LogP contribution in [-0.2, 0) is 16.6 Å². The van der Waals surface area contributed by atoms with Gasteiger partial charge in [-0.3, -0.25) is 4.79 Å². The summed E-state index contributed by atoms with van der Waals surface area (Å²) in [6, 6.07) is 27.0. The van der Waals surface area contributed by atoms with E-state index in [4.69, 9.17) is 4.74 Å². The Morgan fingerprint density at radius 1 is 0.912 bits per heavy atom. The highest BCUT2D eigenvalue weighted by Gasteiger charge is 2.23. The number of amides is 1. The molecule has 1 N–H and O–H groups in total. The van der Waals surface area contributed by atoms with Crippen LogP contribution in [0.5, 0.6) is 0 Å². The normalized spacial score (nSPS) is 10.8. The third-order valence-corrected chi connectivity index (χ3v) is 6.35. The van der Waals surface area contributed by atoms with Crippen molar-refractivity contribution in [3.8, 4) is 0 Å². The second-order valence-corrected chi connectivity index (χ2v) is 8.47. The van der Waals surface area contributed by atoms with Gasteiger partial charge in [0.25, 0.3) is 0 Å². The van der Waals surface area contributed by atoms with Crippen LogP contribution in [0.15, 0.2) is 90.1 Å². The molecule has 0 radical (unpaired) electrons. The predicted octanol–water partition coefficient (Wildman–Crippen LogP) is 4.51. The molecule has 0 saturated heterocycles. The summed E-state index contributed by atoms with van der Waals surface area (Å²) in [7, 11) is 3.21. The summed E-state index contributed by atoms with van der Waals surface area (Å²) in [5.41, 5.74) is 2.93. The van der Waals surface area contributed by atoms with Crippen LogP contribution in [0.2, 0.25) is 0 Å². The lowest BCUT2D eigenvalue weighted by atomic mass is 9.90. The highest BCUT2D eigenvalue weighted by molar-refractivity contribution is 7.99. The van der Waals surface area contributed by atoms with E-state index in [2.05, 4.69) is 39.8 Å². The number of nitrogens with one attached hydrogen (secondary N) is 1. The number of thioether (sulfide) groups is 1. The zero-order valence-electron chi connectivity index (χ0n) is 18.8. The van der Waals surface area contributed by atoms with Crippen LogP contribution in [-0.4, -0.2) is 39.5 Å². The summed E-state index contributed by atoms with van der Waals surface area (Å²) in [4.78, 5) is 24.5. The lowest BCUT2D eigenvalue weighted by Gasteiger charge is -2.17. The molecular weight excluding hydrogens is 448 g/mol. The average Bonchev–Trinajstić information content (AvgIpc) is 3.24. The summed E-state index contributed by atoms with van der Waals surface area (Å²) in [6.45, 7) is 0. The van der Waals surface area contributed by atoms with Crippen molar-refractivity contribution in [3.63, 3.8) is 0 Å². The number of carbonyl (C=O) groups excluding carboxylic acids is 2. The van der Waals surface area contributed by atoms with Crippen LogP contribution in [0, 0.1) is 0 Å². The summed E-state index contributed by atoms with van der Waals surface area (Å²) in [5, 5.41) is 12.2. The lowest BCUT2D eigenvalue weighted by Crippen LogP contribution is -2.17. The van der Waals surface area contributed by atoms with Crippen molar-refractivity contribution in [2.45, 2.75) is 11.1 Å². The topological polar surface area (TPSA) is 86.1 Å². The summed E-state index contributed by atoms with van der Waals surface area (Å²) in [5.74, 6) is 0.0531. The molecule has 34 heavy (non-hydrogen) atoms. The number of anilines is 1. The fraction of sp³-hybridized carbons (Fsp3) is 0.154. The van der Waals surface area contributed by atoms with Crippen LogP contribution in [0.3, 0.4) is 0 Å². The molecular formula is C26H24N4O3S. The molecule has 0 bridgehead atoms. The van der Waals surface area contributed by atoms with Crippen molar-refractivity contribution in [1.29, 1.82) is 0 Å². The number of aromatic nitrogens is 3. The number of ether oxygens (including phenoxy) is 1. The molecule has 0 spiro atoms. The first-order valence-corrected chi connectivity index (χ1v) is 11.7. The number of para-hydroxylation sites is 1. The second kappa shape index (κ2) is 10.8. The van der Waals surface area contributed by atoms with Crippen molar-refractivity contribution in [3.05, 3.63) is 107 Å². The van der Waals surface area contributed by atoms with Crippen LogP contribution < -0.4 is 5.32 Å². The van der Waals surface area contributed by atoms with Crippen molar-refractivity contribution >= 4 is 29.3 Å². The molecule has 4 aromatic rings. The molecule has 1 heterocycles. The van der Waals surface area contributed by atoms with Crippen LogP contribution in [0.1, 0.15) is 33.2 Å². The van der Waals surface area contributed by atoms with Gasteiger partial charge in [0.15, 0.2) is 5.16 Å². The van der Waals surface area contributed by atoms with E-state index in [0.29, 0.717) is 16.4 Å². The minimum absolute atomic E-state index is 0.0880. The van der Waals surface area contributed by atoms with Gasteiger partial charge in [-0.25, -0.2) is 4.79 Å². The fourth-order valence-electron chi connectivity index (χ4n) is 3.68. The molecule has 0 fully saturated rings. The molecule has 172 valence electrons. The van der Waals surface area contributed by atoms with E-state index in [-0.39, 0.29) is 17.6 Å². The highest BCUT2D eigenvalue weighted by Crippen LogP contribution is 2.32. The van der Waals surface area contributed by atoms with Gasteiger partial charge >= 0.3 is 5.97 Å². The van der Waals surface area contributed by atoms with Crippen LogP contribution in [0.4, 0.5) is 5.69 Å². The van der Waals surface area contributed by atoms with Gasteiger partial charge in [-0.2, -0.15) is 0 Å². The quantitative estimate of drug-likeness (QED) is 0.300. The van der Waals surface area contributed by atoms with Gasteiger partial charge in [0.05, 0.1) is 30.0 Å². The number of carbonyl (C=O) groups is 2. The zero-order valence-corrected chi connectivity index (χ0v) is 19.7. The summed E-state index contributed by atoms with van der Waals surface area (Å²) < 4.78 is 6.71. The van der Waals surface area contributed by atoms with E-state index < -0.39 is 5.97 Å². The van der Waals surface area contributed by atoms with Crippen molar-refractivity contribution < 1.29 is 14.3 Å². The maximum Gasteiger partial charge on any atom is 0.339 e. The smallest absolute Gasteiger partial charge is 0.339 e. The van der Waals surface area contributed by atoms with E-state index in [1.54, 1.807) is 24.3 Å². The number of benzene rings is 3. The van der Waals surface area contributed by atoms with Gasteiger partial charge in [0.2, 0.25) is 5.91 Å². The van der Waals surface area contributed by atoms with Gasteiger partial charge in [0, 0.05) is 7.05 Å². The number of hydrogen-bond donors (Lipinski definition) is 1. The first kappa shape index (κ1) is 23.3. The summed E-state index contributed by atoms with van der Waals surface area (Å²) in [6.07, 6.45) is 0. The number of hydrogen-bond acceptors (Lipinski definition) is 6. The molecule has 4 rings (SSSR count). The summed E-state index contributed by atoms with van der Waals surface area (Å²) >= 11 is 1.28. The second-order valence-electron chi connectivity index (χ2n) is 7.53. The Bertz CT molecular complexity index is 1240. The Morgan fingerprint density at radius 3 is 2.12 bits per heavy atom. The Morgan fingerprint density at radius 2 is 1.50 bits per heavy atom. The van der Waals surface area contributed by atoms with Crippen molar-refractivity contribution in [1.82, 2.24) is 14.8 Å². The van der Waals surface area contributed by atoms with Crippen molar-refractivity contribution in [2.24, 2.45) is 7.05 Å².